The molecule has 1 amide bonds. The Bertz CT molecular complexity index is 563. The second-order valence-electron chi connectivity index (χ2n) is 3.92. The van der Waals surface area contributed by atoms with Gasteiger partial charge >= 0.3 is 0 Å². The molecule has 1 aliphatic rings. The predicted octanol–water partition coefficient (Wildman–Crippen LogP) is 0.590. The van der Waals surface area contributed by atoms with Crippen molar-refractivity contribution in [3.63, 3.8) is 0 Å². The molecule has 0 unspecified atom stereocenters. The van der Waals surface area contributed by atoms with Gasteiger partial charge in [0.15, 0.2) is 5.69 Å². The van der Waals surface area contributed by atoms with E-state index in [0.29, 0.717) is 17.9 Å². The zero-order valence-corrected chi connectivity index (χ0v) is 9.05. The molecule has 6 heteroatoms. The summed E-state index contributed by atoms with van der Waals surface area (Å²) >= 11 is 0. The Morgan fingerprint density at radius 2 is 2.35 bits per heavy atom. The number of anilines is 2. The Kier molecular flexibility index (Phi) is 2.07. The lowest BCUT2D eigenvalue weighted by Crippen LogP contribution is -2.29. The lowest BCUT2D eigenvalue weighted by molar-refractivity contribution is 0.0984. The maximum atomic E-state index is 12.2. The SMILES string of the molecule is Nc1cccc2c1N(C(=O)c1cn[nH]n1)CC2. The third-order valence-electron chi connectivity index (χ3n) is 2.90. The zero-order valence-electron chi connectivity index (χ0n) is 9.05. The van der Waals surface area contributed by atoms with E-state index >= 15 is 0 Å². The number of aromatic amines is 1. The molecule has 1 aromatic heterocycles. The van der Waals surface area contributed by atoms with Crippen molar-refractivity contribution in [3.8, 4) is 0 Å². The standard InChI is InChI=1S/C11H11N5O/c12-8-3-1-2-7-4-5-16(10(7)8)11(17)9-6-13-15-14-9/h1-3,6H,4-5,12H2,(H,13,14,15). The van der Waals surface area contributed by atoms with E-state index in [1.165, 1.54) is 6.20 Å². The number of amides is 1. The van der Waals surface area contributed by atoms with Crippen LogP contribution < -0.4 is 10.6 Å². The molecular weight excluding hydrogens is 218 g/mol. The van der Waals surface area contributed by atoms with Crippen LogP contribution in [0.5, 0.6) is 0 Å². The normalized spacial score (nSPS) is 13.8. The number of benzene rings is 1. The average molecular weight is 229 g/mol. The van der Waals surface area contributed by atoms with E-state index in [0.717, 1.165) is 17.7 Å². The average Bonchev–Trinajstić information content (AvgIpc) is 2.98. The van der Waals surface area contributed by atoms with Crippen LogP contribution in [0.25, 0.3) is 0 Å². The van der Waals surface area contributed by atoms with Gasteiger partial charge in [-0.15, -0.1) is 0 Å². The van der Waals surface area contributed by atoms with E-state index in [2.05, 4.69) is 15.4 Å². The highest BCUT2D eigenvalue weighted by Gasteiger charge is 2.28. The molecule has 0 saturated carbocycles. The molecule has 3 rings (SSSR count). The largest absolute Gasteiger partial charge is 0.397 e. The van der Waals surface area contributed by atoms with Gasteiger partial charge in [0.05, 0.1) is 17.6 Å². The number of H-pyrrole nitrogens is 1. The molecule has 2 heterocycles. The molecule has 0 radical (unpaired) electrons. The number of nitrogens with one attached hydrogen (secondary N) is 1. The summed E-state index contributed by atoms with van der Waals surface area (Å²) < 4.78 is 0. The van der Waals surface area contributed by atoms with Crippen LogP contribution in [0.3, 0.4) is 0 Å². The second kappa shape index (κ2) is 3.58. The van der Waals surface area contributed by atoms with Gasteiger partial charge in [-0.3, -0.25) is 4.79 Å². The van der Waals surface area contributed by atoms with E-state index in [-0.39, 0.29) is 5.91 Å². The molecule has 6 nitrogen and oxygen atoms in total. The zero-order chi connectivity index (χ0) is 11.8. The Hall–Kier alpha value is -2.37. The first-order chi connectivity index (χ1) is 8.27. The fourth-order valence-corrected chi connectivity index (χ4v) is 2.13. The third-order valence-corrected chi connectivity index (χ3v) is 2.90. The first kappa shape index (κ1) is 9.83. The summed E-state index contributed by atoms with van der Waals surface area (Å²) in [5.41, 5.74) is 8.75. The van der Waals surface area contributed by atoms with Crippen LogP contribution in [0.1, 0.15) is 16.1 Å². The highest BCUT2D eigenvalue weighted by molar-refractivity contribution is 6.07. The van der Waals surface area contributed by atoms with E-state index < -0.39 is 0 Å². The molecule has 0 saturated heterocycles. The summed E-state index contributed by atoms with van der Waals surface area (Å²) in [4.78, 5) is 13.8. The minimum Gasteiger partial charge on any atom is -0.397 e. The first-order valence-corrected chi connectivity index (χ1v) is 5.32. The lowest BCUT2D eigenvalue weighted by Gasteiger charge is -2.17. The molecule has 0 fully saturated rings. The molecule has 2 aromatic rings. The Morgan fingerprint density at radius 3 is 3.12 bits per heavy atom. The van der Waals surface area contributed by atoms with Crippen molar-refractivity contribution in [1.82, 2.24) is 15.4 Å². The summed E-state index contributed by atoms with van der Waals surface area (Å²) in [6, 6.07) is 5.69. The summed E-state index contributed by atoms with van der Waals surface area (Å²) in [5.74, 6) is -0.171. The molecule has 0 spiro atoms. The molecule has 1 aliphatic heterocycles. The number of carbonyl (C=O) groups is 1. The minimum absolute atomic E-state index is 0.171. The highest BCUT2D eigenvalue weighted by atomic mass is 16.2. The van der Waals surface area contributed by atoms with Crippen LogP contribution in [0.2, 0.25) is 0 Å². The number of rotatable bonds is 1. The van der Waals surface area contributed by atoms with E-state index in [4.69, 9.17) is 5.73 Å². The van der Waals surface area contributed by atoms with Crippen LogP contribution >= 0.6 is 0 Å². The van der Waals surface area contributed by atoms with Crippen molar-refractivity contribution >= 4 is 17.3 Å². The van der Waals surface area contributed by atoms with E-state index in [1.807, 2.05) is 12.1 Å². The topological polar surface area (TPSA) is 87.9 Å². The van der Waals surface area contributed by atoms with Gasteiger partial charge in [0.1, 0.15) is 0 Å². The summed E-state index contributed by atoms with van der Waals surface area (Å²) in [5, 5.41) is 9.87. The van der Waals surface area contributed by atoms with Crippen molar-refractivity contribution in [2.24, 2.45) is 0 Å². The third kappa shape index (κ3) is 1.45. The molecule has 17 heavy (non-hydrogen) atoms. The molecular formula is C11H11N5O. The highest BCUT2D eigenvalue weighted by Crippen LogP contribution is 2.34. The van der Waals surface area contributed by atoms with Gasteiger partial charge in [-0.05, 0) is 18.1 Å². The molecule has 3 N–H and O–H groups in total. The molecule has 0 bridgehead atoms. The van der Waals surface area contributed by atoms with Crippen molar-refractivity contribution in [2.45, 2.75) is 6.42 Å². The van der Waals surface area contributed by atoms with Crippen molar-refractivity contribution in [2.75, 3.05) is 17.2 Å². The van der Waals surface area contributed by atoms with Crippen LogP contribution in [-0.2, 0) is 6.42 Å². The van der Waals surface area contributed by atoms with Crippen molar-refractivity contribution in [1.29, 1.82) is 0 Å². The van der Waals surface area contributed by atoms with Gasteiger partial charge in [-0.1, -0.05) is 12.1 Å². The lowest BCUT2D eigenvalue weighted by atomic mass is 10.1. The number of nitrogen functional groups attached to an aromatic ring is 1. The minimum atomic E-state index is -0.171. The quantitative estimate of drug-likeness (QED) is 0.700. The monoisotopic (exact) mass is 229 g/mol. The molecule has 0 atom stereocenters. The maximum Gasteiger partial charge on any atom is 0.280 e. The number of fused-ring (bicyclic) bond motifs is 1. The van der Waals surface area contributed by atoms with Gasteiger partial charge < -0.3 is 10.6 Å². The van der Waals surface area contributed by atoms with Crippen LogP contribution in [0.4, 0.5) is 11.4 Å². The van der Waals surface area contributed by atoms with E-state index in [9.17, 15) is 4.79 Å². The van der Waals surface area contributed by atoms with Crippen LogP contribution in [-0.4, -0.2) is 27.9 Å². The number of nitrogens with two attached hydrogens (primary N) is 1. The Labute approximate surface area is 97.4 Å². The van der Waals surface area contributed by atoms with Gasteiger partial charge in [-0.2, -0.15) is 15.4 Å². The summed E-state index contributed by atoms with van der Waals surface area (Å²) in [6.07, 6.45) is 2.24. The second-order valence-corrected chi connectivity index (χ2v) is 3.92. The van der Waals surface area contributed by atoms with E-state index in [1.54, 1.807) is 11.0 Å². The van der Waals surface area contributed by atoms with Crippen molar-refractivity contribution < 1.29 is 4.79 Å². The van der Waals surface area contributed by atoms with Crippen LogP contribution in [0, 0.1) is 0 Å². The molecule has 1 aromatic carbocycles. The fourth-order valence-electron chi connectivity index (χ4n) is 2.13. The van der Waals surface area contributed by atoms with Gasteiger partial charge in [0.25, 0.3) is 5.91 Å². The molecule has 86 valence electrons. The number of hydrogen-bond donors (Lipinski definition) is 2. The number of aromatic nitrogens is 3. The van der Waals surface area contributed by atoms with Gasteiger partial charge in [0.2, 0.25) is 0 Å². The van der Waals surface area contributed by atoms with Gasteiger partial charge in [-0.25, -0.2) is 0 Å². The van der Waals surface area contributed by atoms with Crippen LogP contribution in [0.15, 0.2) is 24.4 Å². The maximum absolute atomic E-state index is 12.2. The number of carbonyl (C=O) groups excluding carboxylic acids is 1. The van der Waals surface area contributed by atoms with Crippen molar-refractivity contribution in [3.05, 3.63) is 35.7 Å². The molecule has 0 aliphatic carbocycles. The first-order valence-electron chi connectivity index (χ1n) is 5.32. The number of nitrogens with zero attached hydrogens (tertiary/aromatic N) is 3. The smallest absolute Gasteiger partial charge is 0.280 e. The Morgan fingerprint density at radius 1 is 1.47 bits per heavy atom. The fraction of sp³-hybridized carbons (Fsp3) is 0.182. The summed E-state index contributed by atoms with van der Waals surface area (Å²) in [7, 11) is 0. The van der Waals surface area contributed by atoms with Gasteiger partial charge in [0, 0.05) is 6.54 Å². The summed E-state index contributed by atoms with van der Waals surface area (Å²) in [6.45, 7) is 0.634. The predicted molar refractivity (Wildman–Crippen MR) is 62.6 cm³/mol. The number of hydrogen-bond acceptors (Lipinski definition) is 4. The number of para-hydroxylation sites is 1. The Balaban J connectivity index is 2.02.